The second-order valence-electron chi connectivity index (χ2n) is 7.39. The molecule has 0 saturated carbocycles. The number of thioether (sulfide) groups is 1. The fraction of sp³-hybridized carbons (Fsp3) is 0.304. The quantitative estimate of drug-likeness (QED) is 0.586. The van der Waals surface area contributed by atoms with Gasteiger partial charge in [0, 0.05) is 48.6 Å². The summed E-state index contributed by atoms with van der Waals surface area (Å²) >= 11 is 3.38. The molecule has 1 saturated heterocycles. The molecule has 7 heteroatoms. The van der Waals surface area contributed by atoms with Crippen LogP contribution in [0, 0.1) is 12.7 Å². The summed E-state index contributed by atoms with van der Waals surface area (Å²) in [6.07, 6.45) is 0.382. The maximum absolute atomic E-state index is 13.8. The van der Waals surface area contributed by atoms with E-state index >= 15 is 0 Å². The molecule has 1 amide bonds. The third-order valence-corrected chi connectivity index (χ3v) is 6.92. The van der Waals surface area contributed by atoms with Crippen molar-refractivity contribution in [2.45, 2.75) is 19.9 Å². The fourth-order valence-electron chi connectivity index (χ4n) is 3.47. The summed E-state index contributed by atoms with van der Waals surface area (Å²) in [7, 11) is 0. The van der Waals surface area contributed by atoms with Crippen molar-refractivity contribution in [3.63, 3.8) is 0 Å². The SMILES string of the molecule is Cc1cc(CN2CCSCC2)ccc1NC(=O)c1csc(Cc2ccccc2F)n1. The van der Waals surface area contributed by atoms with Crippen molar-refractivity contribution >= 4 is 34.7 Å². The Kier molecular flexibility index (Phi) is 6.82. The number of halogens is 1. The normalized spacial score (nSPS) is 14.6. The summed E-state index contributed by atoms with van der Waals surface area (Å²) in [4.78, 5) is 19.5. The summed E-state index contributed by atoms with van der Waals surface area (Å²) in [5, 5.41) is 5.41. The summed E-state index contributed by atoms with van der Waals surface area (Å²) in [6.45, 7) is 5.21. The van der Waals surface area contributed by atoms with E-state index in [-0.39, 0.29) is 11.7 Å². The first kappa shape index (κ1) is 21.0. The molecule has 30 heavy (non-hydrogen) atoms. The van der Waals surface area contributed by atoms with Gasteiger partial charge in [-0.2, -0.15) is 11.8 Å². The van der Waals surface area contributed by atoms with Crippen LogP contribution in [0.4, 0.5) is 10.1 Å². The third kappa shape index (κ3) is 5.28. The van der Waals surface area contributed by atoms with Crippen LogP contribution < -0.4 is 5.32 Å². The number of carbonyl (C=O) groups excluding carboxylic acids is 1. The molecule has 4 nitrogen and oxygen atoms in total. The Hall–Kier alpha value is -2.22. The second-order valence-corrected chi connectivity index (χ2v) is 9.55. The molecule has 1 fully saturated rings. The number of anilines is 1. The maximum Gasteiger partial charge on any atom is 0.275 e. The molecule has 1 N–H and O–H groups in total. The summed E-state index contributed by atoms with van der Waals surface area (Å²) in [5.41, 5.74) is 4.03. The lowest BCUT2D eigenvalue weighted by atomic mass is 10.1. The van der Waals surface area contributed by atoms with Crippen molar-refractivity contribution in [2.24, 2.45) is 0 Å². The molecule has 0 unspecified atom stereocenters. The van der Waals surface area contributed by atoms with Crippen LogP contribution in [0.25, 0.3) is 0 Å². The first-order valence-corrected chi connectivity index (χ1v) is 12.0. The minimum absolute atomic E-state index is 0.241. The number of nitrogens with one attached hydrogen (secondary N) is 1. The lowest BCUT2D eigenvalue weighted by Crippen LogP contribution is -2.31. The highest BCUT2D eigenvalue weighted by molar-refractivity contribution is 7.99. The van der Waals surface area contributed by atoms with Crippen molar-refractivity contribution in [1.82, 2.24) is 9.88 Å². The highest BCUT2D eigenvalue weighted by atomic mass is 32.2. The van der Waals surface area contributed by atoms with Crippen LogP contribution in [-0.2, 0) is 13.0 Å². The molecule has 1 aliphatic heterocycles. The van der Waals surface area contributed by atoms with Gasteiger partial charge in [-0.3, -0.25) is 9.69 Å². The Labute approximate surface area is 184 Å². The molecule has 1 aliphatic rings. The number of hydrogen-bond acceptors (Lipinski definition) is 5. The predicted octanol–water partition coefficient (Wildman–Crippen LogP) is 4.98. The topological polar surface area (TPSA) is 45.2 Å². The Bertz CT molecular complexity index is 1030. The van der Waals surface area contributed by atoms with Crippen molar-refractivity contribution in [2.75, 3.05) is 29.9 Å². The monoisotopic (exact) mass is 441 g/mol. The number of amides is 1. The van der Waals surface area contributed by atoms with Crippen LogP contribution in [0.1, 0.15) is 32.2 Å². The van der Waals surface area contributed by atoms with Crippen molar-refractivity contribution in [1.29, 1.82) is 0 Å². The van der Waals surface area contributed by atoms with E-state index in [1.165, 1.54) is 34.5 Å². The van der Waals surface area contributed by atoms with Gasteiger partial charge in [-0.15, -0.1) is 11.3 Å². The van der Waals surface area contributed by atoms with Crippen LogP contribution in [0.2, 0.25) is 0 Å². The lowest BCUT2D eigenvalue weighted by molar-refractivity contribution is 0.102. The number of carbonyl (C=O) groups is 1. The second kappa shape index (κ2) is 9.73. The molecule has 2 aromatic carbocycles. The van der Waals surface area contributed by atoms with E-state index in [0.29, 0.717) is 17.7 Å². The van der Waals surface area contributed by atoms with Crippen LogP contribution in [0.3, 0.4) is 0 Å². The first-order valence-electron chi connectivity index (χ1n) is 9.97. The average molecular weight is 442 g/mol. The molecule has 0 bridgehead atoms. The minimum atomic E-state index is -0.252. The van der Waals surface area contributed by atoms with Gasteiger partial charge in [0.1, 0.15) is 11.5 Å². The molecule has 0 radical (unpaired) electrons. The van der Waals surface area contributed by atoms with Gasteiger partial charge in [0.2, 0.25) is 0 Å². The molecular formula is C23H24FN3OS2. The highest BCUT2D eigenvalue weighted by Crippen LogP contribution is 2.21. The zero-order valence-electron chi connectivity index (χ0n) is 16.9. The Balaban J connectivity index is 1.39. The molecule has 3 aromatic rings. The number of benzene rings is 2. The van der Waals surface area contributed by atoms with E-state index in [1.807, 2.05) is 24.8 Å². The van der Waals surface area contributed by atoms with Crippen molar-refractivity contribution in [3.05, 3.63) is 81.1 Å². The minimum Gasteiger partial charge on any atom is -0.320 e. The van der Waals surface area contributed by atoms with E-state index < -0.39 is 0 Å². The fourth-order valence-corrected chi connectivity index (χ4v) is 5.25. The molecular weight excluding hydrogens is 417 g/mol. The van der Waals surface area contributed by atoms with Crippen LogP contribution in [0.15, 0.2) is 47.8 Å². The van der Waals surface area contributed by atoms with Gasteiger partial charge in [-0.05, 0) is 35.7 Å². The molecule has 2 heterocycles. The predicted molar refractivity (Wildman–Crippen MR) is 123 cm³/mol. The molecule has 156 valence electrons. The summed E-state index contributed by atoms with van der Waals surface area (Å²) < 4.78 is 13.8. The standard InChI is InChI=1S/C23H24FN3OS2/c1-16-12-17(14-27-8-10-29-11-9-27)6-7-20(16)26-23(28)21-15-30-22(25-21)13-18-4-2-3-5-19(18)24/h2-7,12,15H,8-11,13-14H2,1H3,(H,26,28). The van der Waals surface area contributed by atoms with Gasteiger partial charge >= 0.3 is 0 Å². The van der Waals surface area contributed by atoms with Gasteiger partial charge in [0.05, 0.1) is 5.01 Å². The summed E-state index contributed by atoms with van der Waals surface area (Å²) in [5.74, 6) is 1.90. The van der Waals surface area contributed by atoms with Gasteiger partial charge < -0.3 is 5.32 Å². The zero-order chi connectivity index (χ0) is 20.9. The number of thiazole rings is 1. The van der Waals surface area contributed by atoms with E-state index in [2.05, 4.69) is 27.3 Å². The van der Waals surface area contributed by atoms with E-state index in [9.17, 15) is 9.18 Å². The summed E-state index contributed by atoms with van der Waals surface area (Å²) in [6, 6.07) is 12.8. The van der Waals surface area contributed by atoms with E-state index in [4.69, 9.17) is 0 Å². The van der Waals surface area contributed by atoms with Gasteiger partial charge in [0.15, 0.2) is 0 Å². The van der Waals surface area contributed by atoms with Crippen LogP contribution >= 0.6 is 23.1 Å². The van der Waals surface area contributed by atoms with Gasteiger partial charge in [0.25, 0.3) is 5.91 Å². The van der Waals surface area contributed by atoms with Crippen LogP contribution in [0.5, 0.6) is 0 Å². The number of hydrogen-bond donors (Lipinski definition) is 1. The smallest absolute Gasteiger partial charge is 0.275 e. The maximum atomic E-state index is 13.8. The average Bonchev–Trinajstić information content (AvgIpc) is 3.21. The number of aromatic nitrogens is 1. The Morgan fingerprint density at radius 3 is 2.77 bits per heavy atom. The van der Waals surface area contributed by atoms with Gasteiger partial charge in [-0.25, -0.2) is 9.37 Å². The third-order valence-electron chi connectivity index (χ3n) is 5.13. The number of rotatable bonds is 6. The molecule has 0 aliphatic carbocycles. The zero-order valence-corrected chi connectivity index (χ0v) is 18.5. The Morgan fingerprint density at radius 1 is 1.20 bits per heavy atom. The van der Waals surface area contributed by atoms with Crippen LogP contribution in [-0.4, -0.2) is 40.4 Å². The highest BCUT2D eigenvalue weighted by Gasteiger charge is 2.15. The van der Waals surface area contributed by atoms with Gasteiger partial charge in [-0.1, -0.05) is 30.3 Å². The number of aryl methyl sites for hydroxylation is 1. The lowest BCUT2D eigenvalue weighted by Gasteiger charge is -2.26. The molecule has 0 atom stereocenters. The van der Waals surface area contributed by atoms with E-state index in [1.54, 1.807) is 23.6 Å². The van der Waals surface area contributed by atoms with E-state index in [0.717, 1.165) is 35.9 Å². The molecule has 0 spiro atoms. The largest absolute Gasteiger partial charge is 0.320 e. The molecule has 1 aromatic heterocycles. The van der Waals surface area contributed by atoms with Crippen molar-refractivity contribution < 1.29 is 9.18 Å². The molecule has 4 rings (SSSR count). The first-order chi connectivity index (χ1) is 14.6. The number of nitrogens with zero attached hydrogens (tertiary/aromatic N) is 2. The Morgan fingerprint density at radius 2 is 2.00 bits per heavy atom. The van der Waals surface area contributed by atoms with Crippen molar-refractivity contribution in [3.8, 4) is 0 Å².